The van der Waals surface area contributed by atoms with Crippen molar-refractivity contribution in [2.75, 3.05) is 0 Å². The van der Waals surface area contributed by atoms with E-state index in [9.17, 15) is 5.11 Å². The molecule has 0 saturated heterocycles. The van der Waals surface area contributed by atoms with Gasteiger partial charge in [-0.1, -0.05) is 29.8 Å². The molecule has 1 unspecified atom stereocenters. The minimum absolute atomic E-state index is 0.109. The summed E-state index contributed by atoms with van der Waals surface area (Å²) in [5.74, 6) is 0.109. The Hall–Kier alpha value is 0.110. The Labute approximate surface area is 70.3 Å². The van der Waals surface area contributed by atoms with Crippen LogP contribution in [0.2, 0.25) is 0 Å². The van der Waals surface area contributed by atoms with Crippen molar-refractivity contribution < 1.29 is 5.11 Å². The van der Waals surface area contributed by atoms with Gasteiger partial charge in [0.2, 0.25) is 0 Å². The number of halogens is 1. The highest BCUT2D eigenvalue weighted by Crippen LogP contribution is 2.16. The third-order valence-electron chi connectivity index (χ3n) is 1.67. The van der Waals surface area contributed by atoms with Crippen molar-refractivity contribution in [2.24, 2.45) is 5.92 Å². The molecule has 0 heterocycles. The molecule has 0 spiro atoms. The topological polar surface area (TPSA) is 44.1 Å². The highest BCUT2D eigenvalue weighted by molar-refractivity contribution is 9.09. The molecule has 0 aromatic carbocycles. The molecule has 2 nitrogen and oxygen atoms in total. The lowest BCUT2D eigenvalue weighted by Gasteiger charge is -2.19. The molecule has 0 aliphatic carbocycles. The number of rotatable bonds is 3. The fraction of sp³-hybridized carbons (Fsp3) is 0.857. The van der Waals surface area contributed by atoms with Crippen LogP contribution in [0.5, 0.6) is 0 Å². The van der Waals surface area contributed by atoms with E-state index in [-0.39, 0.29) is 10.7 Å². The van der Waals surface area contributed by atoms with Crippen molar-refractivity contribution in [1.82, 2.24) is 0 Å². The lowest BCUT2D eigenvalue weighted by molar-refractivity contribution is 0.180. The molecule has 0 saturated carbocycles. The minimum atomic E-state index is -0.602. The van der Waals surface area contributed by atoms with Crippen LogP contribution >= 0.6 is 15.9 Å². The summed E-state index contributed by atoms with van der Waals surface area (Å²) in [6, 6.07) is 0. The first-order chi connectivity index (χ1) is 4.46. The van der Waals surface area contributed by atoms with Gasteiger partial charge in [0, 0.05) is 10.5 Å². The molecular formula is C7H14BrNO. The van der Waals surface area contributed by atoms with Crippen molar-refractivity contribution in [1.29, 1.82) is 5.41 Å². The van der Waals surface area contributed by atoms with Gasteiger partial charge in [-0.05, 0) is 12.8 Å². The summed E-state index contributed by atoms with van der Waals surface area (Å²) in [5.41, 5.74) is 0.332. The van der Waals surface area contributed by atoms with E-state index in [0.717, 1.165) is 0 Å². The van der Waals surface area contributed by atoms with Crippen molar-refractivity contribution >= 4 is 21.6 Å². The molecule has 0 bridgehead atoms. The Kier molecular flexibility index (Phi) is 4.13. The van der Waals surface area contributed by atoms with Crippen LogP contribution in [-0.2, 0) is 0 Å². The molecule has 60 valence electrons. The number of nitrogens with one attached hydrogen (secondary N) is 1. The van der Waals surface area contributed by atoms with E-state index in [0.29, 0.717) is 5.71 Å². The molecule has 0 radical (unpaired) electrons. The second-order valence-electron chi connectivity index (χ2n) is 2.66. The molecule has 0 aromatic heterocycles. The van der Waals surface area contributed by atoms with Crippen LogP contribution in [0.25, 0.3) is 0 Å². The van der Waals surface area contributed by atoms with Gasteiger partial charge in [0.05, 0.1) is 6.10 Å². The average Bonchev–Trinajstić information content (AvgIpc) is 1.84. The van der Waals surface area contributed by atoms with Gasteiger partial charge in [0.1, 0.15) is 0 Å². The predicted octanol–water partition coefficient (Wildman–Crippen LogP) is 1.81. The minimum Gasteiger partial charge on any atom is -0.387 e. The second-order valence-corrected chi connectivity index (χ2v) is 4.11. The first-order valence-electron chi connectivity index (χ1n) is 3.34. The predicted molar refractivity (Wildman–Crippen MR) is 47.0 cm³/mol. The fourth-order valence-corrected chi connectivity index (χ4v) is 0.935. The first kappa shape index (κ1) is 10.1. The van der Waals surface area contributed by atoms with E-state index < -0.39 is 6.10 Å². The zero-order valence-electron chi connectivity index (χ0n) is 6.56. The Morgan fingerprint density at radius 3 is 2.00 bits per heavy atom. The van der Waals surface area contributed by atoms with Crippen molar-refractivity contribution in [3.63, 3.8) is 0 Å². The van der Waals surface area contributed by atoms with Gasteiger partial charge >= 0.3 is 0 Å². The molecule has 3 heteroatoms. The SMILES string of the molecule is CC(=N)C(O)[C@H](C)[C@H](C)Br. The summed E-state index contributed by atoms with van der Waals surface area (Å²) in [6.07, 6.45) is -0.602. The van der Waals surface area contributed by atoms with Gasteiger partial charge in [0.25, 0.3) is 0 Å². The quantitative estimate of drug-likeness (QED) is 0.539. The zero-order chi connectivity index (χ0) is 8.31. The fourth-order valence-electron chi connectivity index (χ4n) is 0.646. The van der Waals surface area contributed by atoms with Gasteiger partial charge in [-0.25, -0.2) is 0 Å². The van der Waals surface area contributed by atoms with Crippen molar-refractivity contribution in [3.8, 4) is 0 Å². The lowest BCUT2D eigenvalue weighted by atomic mass is 9.99. The van der Waals surface area contributed by atoms with Crippen molar-refractivity contribution in [3.05, 3.63) is 0 Å². The Morgan fingerprint density at radius 2 is 1.90 bits per heavy atom. The maximum Gasteiger partial charge on any atom is 0.0946 e. The summed E-state index contributed by atoms with van der Waals surface area (Å²) >= 11 is 3.35. The second kappa shape index (κ2) is 4.09. The van der Waals surface area contributed by atoms with Crippen molar-refractivity contribution in [2.45, 2.75) is 31.7 Å². The Balaban J connectivity index is 3.94. The van der Waals surface area contributed by atoms with E-state index in [1.807, 2.05) is 13.8 Å². The van der Waals surface area contributed by atoms with Gasteiger partial charge in [0.15, 0.2) is 0 Å². The van der Waals surface area contributed by atoms with Crippen LogP contribution in [0.3, 0.4) is 0 Å². The number of hydrogen-bond acceptors (Lipinski definition) is 2. The molecule has 3 atom stereocenters. The molecular weight excluding hydrogens is 194 g/mol. The number of hydrogen-bond donors (Lipinski definition) is 2. The Bertz CT molecular complexity index is 125. The first-order valence-corrected chi connectivity index (χ1v) is 4.25. The van der Waals surface area contributed by atoms with E-state index in [4.69, 9.17) is 5.41 Å². The molecule has 0 aliphatic heterocycles. The average molecular weight is 208 g/mol. The highest BCUT2D eigenvalue weighted by Gasteiger charge is 2.19. The van der Waals surface area contributed by atoms with Gasteiger partial charge in [-0.15, -0.1) is 0 Å². The van der Waals surface area contributed by atoms with Crippen LogP contribution in [0.15, 0.2) is 0 Å². The van der Waals surface area contributed by atoms with E-state index in [2.05, 4.69) is 15.9 Å². The standard InChI is InChI=1S/C7H14BrNO/c1-4(5(2)8)7(10)6(3)9/h4-5,7,9-10H,1-3H3/t4-,5+,7?/m1/s1. The van der Waals surface area contributed by atoms with E-state index in [1.54, 1.807) is 6.92 Å². The molecule has 0 aromatic rings. The number of alkyl halides is 1. The summed E-state index contributed by atoms with van der Waals surface area (Å²) in [5, 5.41) is 16.5. The van der Waals surface area contributed by atoms with E-state index in [1.165, 1.54) is 0 Å². The molecule has 0 aliphatic rings. The molecule has 0 fully saturated rings. The summed E-state index contributed by atoms with van der Waals surface area (Å²) in [7, 11) is 0. The smallest absolute Gasteiger partial charge is 0.0946 e. The molecule has 0 amide bonds. The van der Waals surface area contributed by atoms with Gasteiger partial charge < -0.3 is 10.5 Å². The largest absolute Gasteiger partial charge is 0.387 e. The normalized spacial score (nSPS) is 19.7. The highest BCUT2D eigenvalue weighted by atomic mass is 79.9. The van der Waals surface area contributed by atoms with Crippen LogP contribution < -0.4 is 0 Å². The summed E-state index contributed by atoms with van der Waals surface area (Å²) < 4.78 is 0. The van der Waals surface area contributed by atoms with Gasteiger partial charge in [-0.3, -0.25) is 0 Å². The van der Waals surface area contributed by atoms with Crippen LogP contribution in [0, 0.1) is 11.3 Å². The van der Waals surface area contributed by atoms with Crippen LogP contribution in [0.1, 0.15) is 20.8 Å². The van der Waals surface area contributed by atoms with Gasteiger partial charge in [-0.2, -0.15) is 0 Å². The maximum atomic E-state index is 9.31. The third kappa shape index (κ3) is 2.80. The molecule has 2 N–H and O–H groups in total. The van der Waals surface area contributed by atoms with Crippen LogP contribution in [0.4, 0.5) is 0 Å². The lowest BCUT2D eigenvalue weighted by Crippen LogP contribution is -2.29. The molecule has 0 rings (SSSR count). The summed E-state index contributed by atoms with van der Waals surface area (Å²) in [4.78, 5) is 0.253. The number of aliphatic hydroxyl groups excluding tert-OH is 1. The van der Waals surface area contributed by atoms with Crippen LogP contribution in [-0.4, -0.2) is 21.7 Å². The molecule has 10 heavy (non-hydrogen) atoms. The number of aliphatic hydroxyl groups is 1. The van der Waals surface area contributed by atoms with E-state index >= 15 is 0 Å². The Morgan fingerprint density at radius 1 is 1.50 bits per heavy atom. The zero-order valence-corrected chi connectivity index (χ0v) is 8.14. The maximum absolute atomic E-state index is 9.31. The summed E-state index contributed by atoms with van der Waals surface area (Å²) in [6.45, 7) is 5.51. The monoisotopic (exact) mass is 207 g/mol. The third-order valence-corrected chi connectivity index (χ3v) is 2.50.